The molecule has 1 aromatic carbocycles. The van der Waals surface area contributed by atoms with Crippen molar-refractivity contribution in [2.24, 2.45) is 5.92 Å². The molecule has 2 unspecified atom stereocenters. The molecular weight excluding hydrogens is 276 g/mol. The number of aliphatic hydroxyl groups excluding tert-OH is 1. The SMILES string of the molecule is OC(CNCC1CC=CCC1)c1cccc(OC(F)F)c1. The highest BCUT2D eigenvalue weighted by molar-refractivity contribution is 5.30. The van der Waals surface area contributed by atoms with E-state index in [-0.39, 0.29) is 5.75 Å². The van der Waals surface area contributed by atoms with Crippen LogP contribution in [-0.2, 0) is 0 Å². The number of ether oxygens (including phenoxy) is 1. The van der Waals surface area contributed by atoms with Crippen LogP contribution in [0.4, 0.5) is 8.78 Å². The Hall–Kier alpha value is -1.46. The first kappa shape index (κ1) is 15.9. The lowest BCUT2D eigenvalue weighted by atomic mass is 9.94. The van der Waals surface area contributed by atoms with Gasteiger partial charge in [0.25, 0.3) is 0 Å². The van der Waals surface area contributed by atoms with Gasteiger partial charge in [-0.1, -0.05) is 24.3 Å². The molecule has 2 rings (SSSR count). The number of halogens is 2. The number of hydrogen-bond acceptors (Lipinski definition) is 3. The van der Waals surface area contributed by atoms with E-state index in [9.17, 15) is 13.9 Å². The van der Waals surface area contributed by atoms with Gasteiger partial charge in [0, 0.05) is 6.54 Å². The topological polar surface area (TPSA) is 41.5 Å². The molecule has 0 aromatic heterocycles. The Morgan fingerprint density at radius 1 is 1.33 bits per heavy atom. The molecule has 0 radical (unpaired) electrons. The average Bonchev–Trinajstić information content (AvgIpc) is 2.48. The summed E-state index contributed by atoms with van der Waals surface area (Å²) in [5, 5.41) is 13.3. The minimum absolute atomic E-state index is 0.0685. The molecule has 0 bridgehead atoms. The number of aliphatic hydroxyl groups is 1. The van der Waals surface area contributed by atoms with Gasteiger partial charge in [-0.05, 0) is 49.4 Å². The van der Waals surface area contributed by atoms with Crippen LogP contribution in [0.2, 0.25) is 0 Å². The number of rotatable bonds is 7. The maximum Gasteiger partial charge on any atom is 0.387 e. The molecule has 1 aliphatic carbocycles. The van der Waals surface area contributed by atoms with Gasteiger partial charge in [0.05, 0.1) is 6.10 Å². The maximum atomic E-state index is 12.2. The standard InChI is InChI=1S/C16H21F2NO2/c17-16(18)21-14-8-4-7-13(9-14)15(20)11-19-10-12-5-2-1-3-6-12/h1-2,4,7-9,12,15-16,19-20H,3,5-6,10-11H2. The van der Waals surface area contributed by atoms with Gasteiger partial charge in [-0.25, -0.2) is 0 Å². The molecule has 3 nitrogen and oxygen atoms in total. The van der Waals surface area contributed by atoms with E-state index >= 15 is 0 Å². The Labute approximate surface area is 123 Å². The van der Waals surface area contributed by atoms with Crippen LogP contribution in [0.25, 0.3) is 0 Å². The van der Waals surface area contributed by atoms with E-state index in [1.54, 1.807) is 12.1 Å². The zero-order chi connectivity index (χ0) is 15.1. The van der Waals surface area contributed by atoms with Crippen molar-refractivity contribution in [3.63, 3.8) is 0 Å². The van der Waals surface area contributed by atoms with E-state index in [1.807, 2.05) is 0 Å². The molecular formula is C16H21F2NO2. The van der Waals surface area contributed by atoms with Crippen molar-refractivity contribution >= 4 is 0 Å². The Bertz CT molecular complexity index is 465. The smallest absolute Gasteiger partial charge is 0.387 e. The quantitative estimate of drug-likeness (QED) is 0.759. The van der Waals surface area contributed by atoms with Gasteiger partial charge in [-0.2, -0.15) is 8.78 Å². The van der Waals surface area contributed by atoms with Gasteiger partial charge >= 0.3 is 6.61 Å². The summed E-state index contributed by atoms with van der Waals surface area (Å²) in [5.74, 6) is 0.676. The van der Waals surface area contributed by atoms with E-state index in [4.69, 9.17) is 0 Å². The van der Waals surface area contributed by atoms with Crippen LogP contribution in [0, 0.1) is 5.92 Å². The molecule has 0 spiro atoms. The third-order valence-corrected chi connectivity index (χ3v) is 3.62. The van der Waals surface area contributed by atoms with Gasteiger partial charge in [0.2, 0.25) is 0 Å². The highest BCUT2D eigenvalue weighted by atomic mass is 19.3. The van der Waals surface area contributed by atoms with Gasteiger partial charge in [0.15, 0.2) is 0 Å². The van der Waals surface area contributed by atoms with E-state index < -0.39 is 12.7 Å². The van der Waals surface area contributed by atoms with Crippen molar-refractivity contribution in [2.45, 2.75) is 32.0 Å². The van der Waals surface area contributed by atoms with Crippen LogP contribution in [0.1, 0.15) is 30.9 Å². The zero-order valence-corrected chi connectivity index (χ0v) is 11.8. The fourth-order valence-corrected chi connectivity index (χ4v) is 2.48. The monoisotopic (exact) mass is 297 g/mol. The summed E-state index contributed by atoms with van der Waals surface area (Å²) in [6.45, 7) is -1.60. The number of hydrogen-bond donors (Lipinski definition) is 2. The Balaban J connectivity index is 1.79. The normalized spacial score (nSPS) is 19.7. The molecule has 1 aromatic rings. The fourth-order valence-electron chi connectivity index (χ4n) is 2.48. The van der Waals surface area contributed by atoms with Crippen molar-refractivity contribution in [1.29, 1.82) is 0 Å². The lowest BCUT2D eigenvalue weighted by Crippen LogP contribution is -2.27. The second-order valence-electron chi connectivity index (χ2n) is 5.28. The second kappa shape index (κ2) is 8.10. The summed E-state index contributed by atoms with van der Waals surface area (Å²) in [5.41, 5.74) is 0.573. The third kappa shape index (κ3) is 5.44. The number of benzene rings is 1. The second-order valence-corrected chi connectivity index (χ2v) is 5.28. The van der Waals surface area contributed by atoms with Crippen LogP contribution in [0.5, 0.6) is 5.75 Å². The van der Waals surface area contributed by atoms with Crippen LogP contribution >= 0.6 is 0 Å². The lowest BCUT2D eigenvalue weighted by Gasteiger charge is -2.20. The predicted molar refractivity (Wildman–Crippen MR) is 77.4 cm³/mol. The molecule has 0 saturated heterocycles. The Morgan fingerprint density at radius 2 is 2.19 bits per heavy atom. The molecule has 0 aliphatic heterocycles. The van der Waals surface area contributed by atoms with E-state index in [0.29, 0.717) is 18.0 Å². The Kier molecular flexibility index (Phi) is 6.14. The number of allylic oxidation sites excluding steroid dienone is 2. The lowest BCUT2D eigenvalue weighted by molar-refractivity contribution is -0.0499. The van der Waals surface area contributed by atoms with Gasteiger partial charge in [-0.3, -0.25) is 0 Å². The van der Waals surface area contributed by atoms with Crippen LogP contribution in [-0.4, -0.2) is 24.8 Å². The first-order valence-electron chi connectivity index (χ1n) is 7.23. The van der Waals surface area contributed by atoms with Crippen molar-refractivity contribution in [3.8, 4) is 5.75 Å². The first-order chi connectivity index (χ1) is 10.1. The third-order valence-electron chi connectivity index (χ3n) is 3.62. The van der Waals surface area contributed by atoms with E-state index in [1.165, 1.54) is 12.1 Å². The summed E-state index contributed by atoms with van der Waals surface area (Å²) in [6.07, 6.45) is 7.00. The van der Waals surface area contributed by atoms with Gasteiger partial charge in [0.1, 0.15) is 5.75 Å². The summed E-state index contributed by atoms with van der Waals surface area (Å²) in [4.78, 5) is 0. The van der Waals surface area contributed by atoms with E-state index in [0.717, 1.165) is 25.8 Å². The first-order valence-corrected chi connectivity index (χ1v) is 7.23. The summed E-state index contributed by atoms with van der Waals surface area (Å²) in [6, 6.07) is 6.20. The molecule has 1 aliphatic rings. The minimum atomic E-state index is -2.85. The predicted octanol–water partition coefficient (Wildman–Crippen LogP) is 3.27. The maximum absolute atomic E-state index is 12.2. The molecule has 2 N–H and O–H groups in total. The van der Waals surface area contributed by atoms with E-state index in [2.05, 4.69) is 22.2 Å². The highest BCUT2D eigenvalue weighted by Crippen LogP contribution is 2.21. The molecule has 0 fully saturated rings. The fraction of sp³-hybridized carbons (Fsp3) is 0.500. The van der Waals surface area contributed by atoms with Crippen LogP contribution in [0.3, 0.4) is 0 Å². The van der Waals surface area contributed by atoms with Gasteiger partial charge in [-0.15, -0.1) is 0 Å². The molecule has 0 amide bonds. The Morgan fingerprint density at radius 3 is 2.90 bits per heavy atom. The van der Waals surface area contributed by atoms with Crippen molar-refractivity contribution in [1.82, 2.24) is 5.32 Å². The summed E-state index contributed by atoms with van der Waals surface area (Å²) >= 11 is 0. The van der Waals surface area contributed by atoms with Crippen molar-refractivity contribution in [2.75, 3.05) is 13.1 Å². The highest BCUT2D eigenvalue weighted by Gasteiger charge is 2.13. The largest absolute Gasteiger partial charge is 0.435 e. The van der Waals surface area contributed by atoms with Crippen molar-refractivity contribution in [3.05, 3.63) is 42.0 Å². The zero-order valence-electron chi connectivity index (χ0n) is 11.8. The molecule has 5 heteroatoms. The van der Waals surface area contributed by atoms with Gasteiger partial charge < -0.3 is 15.2 Å². The summed E-state index contributed by atoms with van der Waals surface area (Å²) < 4.78 is 28.7. The number of nitrogens with one attached hydrogen (secondary N) is 1. The van der Waals surface area contributed by atoms with Crippen LogP contribution < -0.4 is 10.1 Å². The minimum Gasteiger partial charge on any atom is -0.435 e. The molecule has 0 heterocycles. The van der Waals surface area contributed by atoms with Crippen LogP contribution in [0.15, 0.2) is 36.4 Å². The average molecular weight is 297 g/mol. The molecule has 116 valence electrons. The number of alkyl halides is 2. The molecule has 0 saturated carbocycles. The molecule has 21 heavy (non-hydrogen) atoms. The van der Waals surface area contributed by atoms with Crippen molar-refractivity contribution < 1.29 is 18.6 Å². The summed E-state index contributed by atoms with van der Waals surface area (Å²) in [7, 11) is 0. The molecule has 2 atom stereocenters.